The molecular formula is C17H20Cl2N2O. The van der Waals surface area contributed by atoms with Gasteiger partial charge in [0.25, 0.3) is 0 Å². The van der Waals surface area contributed by atoms with Crippen LogP contribution in [0.15, 0.2) is 48.5 Å². The number of phenols is 1. The highest BCUT2D eigenvalue weighted by Crippen LogP contribution is 2.26. The van der Waals surface area contributed by atoms with Crippen LogP contribution in [0.25, 0.3) is 0 Å². The van der Waals surface area contributed by atoms with Crippen molar-refractivity contribution in [3.8, 4) is 5.75 Å². The number of piperazine rings is 1. The molecule has 5 heteroatoms. The Balaban J connectivity index is 0.00000176. The summed E-state index contributed by atoms with van der Waals surface area (Å²) >= 11 is 6.12. The molecule has 1 atom stereocenters. The van der Waals surface area contributed by atoms with Gasteiger partial charge in [0.1, 0.15) is 5.75 Å². The first-order valence-corrected chi connectivity index (χ1v) is 7.58. The lowest BCUT2D eigenvalue weighted by Gasteiger charge is -2.36. The van der Waals surface area contributed by atoms with Crippen LogP contribution in [0.4, 0.5) is 0 Å². The summed E-state index contributed by atoms with van der Waals surface area (Å²) < 4.78 is 0. The van der Waals surface area contributed by atoms with Crippen LogP contribution >= 0.6 is 24.0 Å². The number of nitrogens with zero attached hydrogens (tertiary/aromatic N) is 1. The van der Waals surface area contributed by atoms with Crippen LogP contribution in [-0.4, -0.2) is 29.6 Å². The minimum absolute atomic E-state index is 0. The van der Waals surface area contributed by atoms with E-state index >= 15 is 0 Å². The molecule has 1 fully saturated rings. The van der Waals surface area contributed by atoms with E-state index in [2.05, 4.69) is 22.3 Å². The lowest BCUT2D eigenvalue weighted by atomic mass is 10.0. The van der Waals surface area contributed by atoms with Gasteiger partial charge >= 0.3 is 0 Å². The molecule has 3 rings (SSSR count). The Bertz CT molecular complexity index is 621. The molecule has 118 valence electrons. The number of phenolic OH excluding ortho intramolecular Hbond substituents is 1. The second kappa shape index (κ2) is 7.84. The fourth-order valence-corrected chi connectivity index (χ4v) is 3.07. The number of halogens is 2. The van der Waals surface area contributed by atoms with E-state index in [1.54, 1.807) is 6.07 Å². The summed E-state index contributed by atoms with van der Waals surface area (Å²) in [7, 11) is 0. The Morgan fingerprint density at radius 3 is 2.77 bits per heavy atom. The molecule has 2 N–H and O–H groups in total. The van der Waals surface area contributed by atoms with Gasteiger partial charge in [-0.25, -0.2) is 0 Å². The number of hydrogen-bond acceptors (Lipinski definition) is 3. The highest BCUT2D eigenvalue weighted by atomic mass is 35.5. The summed E-state index contributed by atoms with van der Waals surface area (Å²) in [5, 5.41) is 13.8. The molecule has 1 aliphatic rings. The van der Waals surface area contributed by atoms with Crippen molar-refractivity contribution in [2.75, 3.05) is 19.6 Å². The monoisotopic (exact) mass is 338 g/mol. The molecule has 2 aromatic rings. The molecule has 22 heavy (non-hydrogen) atoms. The first kappa shape index (κ1) is 17.1. The minimum atomic E-state index is 0. The molecule has 0 spiro atoms. The SMILES string of the molecule is Cl.Oc1cccc(CN2CCNCC2c2cccc(Cl)c2)c1. The molecule has 1 heterocycles. The molecule has 0 saturated carbocycles. The first-order valence-electron chi connectivity index (χ1n) is 7.20. The molecule has 0 aromatic heterocycles. The molecule has 0 bridgehead atoms. The third-order valence-electron chi connectivity index (χ3n) is 3.88. The van der Waals surface area contributed by atoms with Crippen molar-refractivity contribution in [3.05, 3.63) is 64.7 Å². The first-order chi connectivity index (χ1) is 10.2. The Morgan fingerprint density at radius 1 is 1.18 bits per heavy atom. The topological polar surface area (TPSA) is 35.5 Å². The molecular weight excluding hydrogens is 319 g/mol. The van der Waals surface area contributed by atoms with E-state index in [1.165, 1.54) is 5.56 Å². The van der Waals surface area contributed by atoms with E-state index < -0.39 is 0 Å². The number of hydrogen-bond donors (Lipinski definition) is 2. The smallest absolute Gasteiger partial charge is 0.115 e. The lowest BCUT2D eigenvalue weighted by molar-refractivity contribution is 0.153. The fraction of sp³-hybridized carbons (Fsp3) is 0.294. The molecule has 1 unspecified atom stereocenters. The van der Waals surface area contributed by atoms with Gasteiger partial charge in [-0.3, -0.25) is 4.90 Å². The zero-order chi connectivity index (χ0) is 14.7. The summed E-state index contributed by atoms with van der Waals surface area (Å²) in [4.78, 5) is 2.43. The number of benzene rings is 2. The molecule has 2 aromatic carbocycles. The van der Waals surface area contributed by atoms with Crippen molar-refractivity contribution in [3.63, 3.8) is 0 Å². The maximum Gasteiger partial charge on any atom is 0.115 e. The molecule has 0 amide bonds. The Morgan fingerprint density at radius 2 is 2.00 bits per heavy atom. The van der Waals surface area contributed by atoms with E-state index in [9.17, 15) is 5.11 Å². The standard InChI is InChI=1S/C17H19ClN2O.ClH/c18-15-5-2-4-14(10-15)17-11-19-7-8-20(17)12-13-3-1-6-16(21)9-13;/h1-6,9-10,17,19,21H,7-8,11-12H2;1H. The third kappa shape index (κ3) is 4.14. The minimum Gasteiger partial charge on any atom is -0.508 e. The van der Waals surface area contributed by atoms with Crippen molar-refractivity contribution in [2.45, 2.75) is 12.6 Å². The predicted octanol–water partition coefficient (Wildman–Crippen LogP) is 3.61. The predicted molar refractivity (Wildman–Crippen MR) is 92.8 cm³/mol. The van der Waals surface area contributed by atoms with Gasteiger partial charge in [0.2, 0.25) is 0 Å². The Labute approximate surface area is 142 Å². The maximum absolute atomic E-state index is 9.61. The van der Waals surface area contributed by atoms with Gasteiger partial charge < -0.3 is 10.4 Å². The average molecular weight is 339 g/mol. The van der Waals surface area contributed by atoms with Gasteiger partial charge in [-0.05, 0) is 35.4 Å². The molecule has 1 saturated heterocycles. The Hall–Kier alpha value is -1.26. The van der Waals surface area contributed by atoms with Crippen LogP contribution < -0.4 is 5.32 Å². The average Bonchev–Trinajstić information content (AvgIpc) is 2.48. The summed E-state index contributed by atoms with van der Waals surface area (Å²) in [6.45, 7) is 3.70. The van der Waals surface area contributed by atoms with Crippen molar-refractivity contribution in [1.29, 1.82) is 0 Å². The zero-order valence-corrected chi connectivity index (χ0v) is 13.8. The van der Waals surface area contributed by atoms with Gasteiger partial charge in [-0.1, -0.05) is 35.9 Å². The summed E-state index contributed by atoms with van der Waals surface area (Å²) in [5.74, 6) is 0.321. The van der Waals surface area contributed by atoms with E-state index in [0.717, 1.165) is 36.8 Å². The second-order valence-electron chi connectivity index (χ2n) is 5.42. The van der Waals surface area contributed by atoms with Crippen molar-refractivity contribution in [1.82, 2.24) is 10.2 Å². The summed E-state index contributed by atoms with van der Waals surface area (Å²) in [6, 6.07) is 15.8. The van der Waals surface area contributed by atoms with Crippen molar-refractivity contribution >= 4 is 24.0 Å². The summed E-state index contributed by atoms with van der Waals surface area (Å²) in [5.41, 5.74) is 2.36. The molecule has 0 aliphatic carbocycles. The second-order valence-corrected chi connectivity index (χ2v) is 5.85. The zero-order valence-electron chi connectivity index (χ0n) is 12.2. The number of nitrogens with one attached hydrogen (secondary N) is 1. The van der Waals surface area contributed by atoms with Crippen molar-refractivity contribution < 1.29 is 5.11 Å². The largest absolute Gasteiger partial charge is 0.508 e. The van der Waals surface area contributed by atoms with Crippen LogP contribution in [0.3, 0.4) is 0 Å². The fourth-order valence-electron chi connectivity index (χ4n) is 2.87. The lowest BCUT2D eigenvalue weighted by Crippen LogP contribution is -2.45. The summed E-state index contributed by atoms with van der Waals surface area (Å²) in [6.07, 6.45) is 0. The van der Waals surface area contributed by atoms with Gasteiger partial charge in [-0.2, -0.15) is 0 Å². The number of aromatic hydroxyl groups is 1. The molecule has 0 radical (unpaired) electrons. The van der Waals surface area contributed by atoms with Gasteiger partial charge in [-0.15, -0.1) is 12.4 Å². The van der Waals surface area contributed by atoms with E-state index in [0.29, 0.717) is 11.8 Å². The third-order valence-corrected chi connectivity index (χ3v) is 4.12. The van der Waals surface area contributed by atoms with E-state index in [-0.39, 0.29) is 12.4 Å². The van der Waals surface area contributed by atoms with Crippen LogP contribution in [-0.2, 0) is 6.54 Å². The van der Waals surface area contributed by atoms with Crippen LogP contribution in [0.2, 0.25) is 5.02 Å². The van der Waals surface area contributed by atoms with Crippen LogP contribution in [0.1, 0.15) is 17.2 Å². The molecule has 1 aliphatic heterocycles. The van der Waals surface area contributed by atoms with Crippen molar-refractivity contribution in [2.24, 2.45) is 0 Å². The Kier molecular flexibility index (Phi) is 6.09. The van der Waals surface area contributed by atoms with E-state index in [4.69, 9.17) is 11.6 Å². The van der Waals surface area contributed by atoms with Gasteiger partial charge in [0, 0.05) is 37.2 Å². The van der Waals surface area contributed by atoms with Gasteiger partial charge in [0.05, 0.1) is 0 Å². The van der Waals surface area contributed by atoms with E-state index in [1.807, 2.05) is 30.3 Å². The van der Waals surface area contributed by atoms with Crippen LogP contribution in [0, 0.1) is 0 Å². The van der Waals surface area contributed by atoms with Crippen LogP contribution in [0.5, 0.6) is 5.75 Å². The van der Waals surface area contributed by atoms with Gasteiger partial charge in [0.15, 0.2) is 0 Å². The quantitative estimate of drug-likeness (QED) is 0.897. The maximum atomic E-state index is 9.61. The number of rotatable bonds is 3. The normalized spacial score (nSPS) is 18.7. The molecule has 3 nitrogen and oxygen atoms in total. The highest BCUT2D eigenvalue weighted by molar-refractivity contribution is 6.30. The highest BCUT2D eigenvalue weighted by Gasteiger charge is 2.23.